The topological polar surface area (TPSA) is 17.1 Å². The Morgan fingerprint density at radius 3 is 2.60 bits per heavy atom. The molecule has 0 radical (unpaired) electrons. The van der Waals surface area contributed by atoms with E-state index >= 15 is 0 Å². The number of alkyl halides is 2. The molecule has 1 nitrogen and oxygen atoms in total. The minimum Gasteiger partial charge on any atom is -0.299 e. The first kappa shape index (κ1) is 6.93. The smallest absolute Gasteiger partial charge is 0.137 e. The molecule has 3 heteroatoms. The van der Waals surface area contributed by atoms with Crippen molar-refractivity contribution in [1.82, 2.24) is 0 Å². The maximum absolute atomic E-state index is 11.0. The van der Waals surface area contributed by atoms with E-state index in [1.807, 2.05) is 0 Å². The van der Waals surface area contributed by atoms with Crippen molar-refractivity contribution in [2.45, 2.75) is 23.6 Å². The van der Waals surface area contributed by atoms with Crippen molar-refractivity contribution in [3.8, 4) is 0 Å². The zero-order valence-corrected chi connectivity index (χ0v) is 6.90. The zero-order valence-electron chi connectivity index (χ0n) is 5.39. The minimum atomic E-state index is -0.0818. The first-order valence-electron chi connectivity index (χ1n) is 3.52. The van der Waals surface area contributed by atoms with Crippen LogP contribution in [-0.4, -0.2) is 16.5 Å². The van der Waals surface area contributed by atoms with Crippen LogP contribution in [0.4, 0.5) is 0 Å². The first-order valence-corrected chi connectivity index (χ1v) is 4.40. The summed E-state index contributed by atoms with van der Waals surface area (Å²) in [6.45, 7) is 0. The van der Waals surface area contributed by atoms with Crippen molar-refractivity contribution in [3.05, 3.63) is 0 Å². The summed E-state index contributed by atoms with van der Waals surface area (Å²) in [6.07, 6.45) is 1.66. The molecule has 0 spiro atoms. The predicted octanol–water partition coefficient (Wildman–Crippen LogP) is 1.81. The van der Waals surface area contributed by atoms with Crippen LogP contribution >= 0.6 is 23.2 Å². The number of halogens is 2. The van der Waals surface area contributed by atoms with Gasteiger partial charge in [0.25, 0.3) is 0 Å². The lowest BCUT2D eigenvalue weighted by Crippen LogP contribution is -2.48. The Morgan fingerprint density at radius 1 is 1.30 bits per heavy atom. The molecule has 0 aliphatic heterocycles. The zero-order chi connectivity index (χ0) is 7.30. The number of hydrogen-bond donors (Lipinski definition) is 0. The fourth-order valence-corrected chi connectivity index (χ4v) is 2.91. The average Bonchev–Trinajstić information content (AvgIpc) is 2.27. The second-order valence-electron chi connectivity index (χ2n) is 3.08. The second kappa shape index (κ2) is 2.12. The molecule has 0 bridgehead atoms. The van der Waals surface area contributed by atoms with Crippen LogP contribution in [0.1, 0.15) is 12.8 Å². The summed E-state index contributed by atoms with van der Waals surface area (Å²) in [7, 11) is 0. The van der Waals surface area contributed by atoms with E-state index in [0.29, 0.717) is 18.1 Å². The monoisotopic (exact) mass is 178 g/mol. The molecular formula is C7H8Cl2O. The third-order valence-corrected chi connectivity index (χ3v) is 3.88. The molecule has 0 unspecified atom stereocenters. The van der Waals surface area contributed by atoms with E-state index in [4.69, 9.17) is 23.2 Å². The second-order valence-corrected chi connectivity index (χ2v) is 4.09. The van der Waals surface area contributed by atoms with E-state index in [2.05, 4.69) is 0 Å². The highest BCUT2D eigenvalue weighted by Crippen LogP contribution is 2.50. The maximum atomic E-state index is 11.0. The van der Waals surface area contributed by atoms with Crippen molar-refractivity contribution >= 4 is 29.0 Å². The van der Waals surface area contributed by atoms with Gasteiger partial charge in [-0.25, -0.2) is 0 Å². The summed E-state index contributed by atoms with van der Waals surface area (Å²) < 4.78 is 0. The van der Waals surface area contributed by atoms with Crippen LogP contribution in [0.15, 0.2) is 0 Å². The van der Waals surface area contributed by atoms with Gasteiger partial charge in [-0.15, -0.1) is 23.2 Å². The van der Waals surface area contributed by atoms with Gasteiger partial charge in [0.1, 0.15) is 5.78 Å². The molecule has 0 aromatic rings. The van der Waals surface area contributed by atoms with Gasteiger partial charge in [-0.1, -0.05) is 0 Å². The van der Waals surface area contributed by atoms with Crippen LogP contribution in [0, 0.1) is 11.8 Å². The van der Waals surface area contributed by atoms with Crippen LogP contribution in [0.3, 0.4) is 0 Å². The molecule has 2 rings (SSSR count). The molecule has 2 fully saturated rings. The Hall–Kier alpha value is 0.250. The molecular weight excluding hydrogens is 171 g/mol. The Kier molecular flexibility index (Phi) is 1.47. The number of carbonyl (C=O) groups excluding carboxylic acids is 1. The van der Waals surface area contributed by atoms with Crippen LogP contribution < -0.4 is 0 Å². The highest BCUT2D eigenvalue weighted by atomic mass is 35.5. The van der Waals surface area contributed by atoms with E-state index in [1.165, 1.54) is 0 Å². The number of carbonyl (C=O) groups is 1. The highest BCUT2D eigenvalue weighted by molar-refractivity contribution is 6.33. The molecule has 2 aliphatic rings. The van der Waals surface area contributed by atoms with E-state index in [9.17, 15) is 4.79 Å². The normalized spacial score (nSPS) is 52.4. The molecule has 0 saturated heterocycles. The lowest BCUT2D eigenvalue weighted by molar-refractivity contribution is -0.122. The SMILES string of the molecule is O=C1CC[C@@H]2[C@H](Cl)[C@@H](Cl)[C@H]12. The van der Waals surface area contributed by atoms with Crippen molar-refractivity contribution in [2.75, 3.05) is 0 Å². The van der Waals surface area contributed by atoms with Gasteiger partial charge in [-0.2, -0.15) is 0 Å². The molecule has 0 aromatic heterocycles. The summed E-state index contributed by atoms with van der Waals surface area (Å²) in [5.41, 5.74) is 0. The van der Waals surface area contributed by atoms with Crippen LogP contribution in [0.2, 0.25) is 0 Å². The van der Waals surface area contributed by atoms with E-state index < -0.39 is 0 Å². The van der Waals surface area contributed by atoms with E-state index in [-0.39, 0.29) is 16.7 Å². The van der Waals surface area contributed by atoms with Crippen LogP contribution in [0.5, 0.6) is 0 Å². The molecule has 2 aliphatic carbocycles. The number of ketones is 1. The number of rotatable bonds is 0. The summed E-state index contributed by atoms with van der Waals surface area (Å²) in [5, 5.41) is -0.0280. The summed E-state index contributed by atoms with van der Waals surface area (Å²) in [6, 6.07) is 0. The highest BCUT2D eigenvalue weighted by Gasteiger charge is 2.55. The average molecular weight is 179 g/mol. The lowest BCUT2D eigenvalue weighted by Gasteiger charge is -2.40. The van der Waals surface area contributed by atoms with Gasteiger partial charge >= 0.3 is 0 Å². The summed E-state index contributed by atoms with van der Waals surface area (Å²) in [5.74, 6) is 0.822. The standard InChI is InChI=1S/C7H8Cl2O/c8-6-3-1-2-4(10)5(3)7(6)9/h3,5-7H,1-2H2/t3-,5-,6-,7-/m0/s1. The van der Waals surface area contributed by atoms with Gasteiger partial charge in [-0.3, -0.25) is 4.79 Å². The fourth-order valence-electron chi connectivity index (χ4n) is 1.95. The summed E-state index contributed by atoms with van der Waals surface area (Å²) in [4.78, 5) is 11.0. The first-order chi connectivity index (χ1) is 4.72. The predicted molar refractivity (Wildman–Crippen MR) is 40.5 cm³/mol. The largest absolute Gasteiger partial charge is 0.299 e. The quantitative estimate of drug-likeness (QED) is 0.518. The van der Waals surface area contributed by atoms with Gasteiger partial charge < -0.3 is 0 Å². The number of fused-ring (bicyclic) bond motifs is 1. The molecule has 0 heterocycles. The third-order valence-electron chi connectivity index (χ3n) is 2.61. The molecule has 2 saturated carbocycles. The van der Waals surface area contributed by atoms with Gasteiger partial charge in [0.2, 0.25) is 0 Å². The van der Waals surface area contributed by atoms with Gasteiger partial charge in [0.15, 0.2) is 0 Å². The van der Waals surface area contributed by atoms with Gasteiger partial charge in [-0.05, 0) is 12.3 Å². The van der Waals surface area contributed by atoms with Crippen LogP contribution in [0.25, 0.3) is 0 Å². The van der Waals surface area contributed by atoms with Crippen molar-refractivity contribution in [3.63, 3.8) is 0 Å². The minimum absolute atomic E-state index is 0.0538. The van der Waals surface area contributed by atoms with E-state index in [0.717, 1.165) is 6.42 Å². The van der Waals surface area contributed by atoms with Gasteiger partial charge in [0, 0.05) is 12.3 Å². The van der Waals surface area contributed by atoms with Crippen LogP contribution in [-0.2, 0) is 4.79 Å². The maximum Gasteiger partial charge on any atom is 0.137 e. The van der Waals surface area contributed by atoms with Crippen molar-refractivity contribution < 1.29 is 4.79 Å². The van der Waals surface area contributed by atoms with Crippen molar-refractivity contribution in [1.29, 1.82) is 0 Å². The Morgan fingerprint density at radius 2 is 2.00 bits per heavy atom. The molecule has 56 valence electrons. The summed E-state index contributed by atoms with van der Waals surface area (Å²) >= 11 is 11.7. The Bertz CT molecular complexity index is 180. The van der Waals surface area contributed by atoms with Crippen molar-refractivity contribution in [2.24, 2.45) is 11.8 Å². The molecule has 4 atom stereocenters. The molecule has 10 heavy (non-hydrogen) atoms. The third kappa shape index (κ3) is 0.680. The Labute approximate surface area is 69.7 Å². The molecule has 0 N–H and O–H groups in total. The van der Waals surface area contributed by atoms with Gasteiger partial charge in [0.05, 0.1) is 10.8 Å². The Balaban J connectivity index is 2.16. The number of Topliss-reactive ketones (excluding diaryl/α,β-unsaturated/α-hetero) is 1. The molecule has 0 aromatic carbocycles. The fraction of sp³-hybridized carbons (Fsp3) is 0.857. The molecule has 0 amide bonds. The van der Waals surface area contributed by atoms with E-state index in [1.54, 1.807) is 0 Å². The number of hydrogen-bond acceptors (Lipinski definition) is 1. The lowest BCUT2D eigenvalue weighted by atomic mass is 9.75.